The monoisotopic (exact) mass is 135 g/mol. The smallest absolute Gasteiger partial charge is 0.224 e. The molecular formula is C6H5N3O. The summed E-state index contributed by atoms with van der Waals surface area (Å²) in [5.41, 5.74) is 0.683. The minimum atomic E-state index is 0.683. The normalized spacial score (nSPS) is 10.4. The molecule has 0 aliphatic carbocycles. The van der Waals surface area contributed by atoms with Gasteiger partial charge in [0.2, 0.25) is 12.1 Å². The van der Waals surface area contributed by atoms with Crippen LogP contribution in [-0.2, 0) is 0 Å². The van der Waals surface area contributed by atoms with Crippen molar-refractivity contribution in [3.05, 3.63) is 18.5 Å². The molecule has 2 rings (SSSR count). The van der Waals surface area contributed by atoms with E-state index in [0.717, 1.165) is 0 Å². The van der Waals surface area contributed by atoms with Crippen molar-refractivity contribution < 1.29 is 4.42 Å². The van der Waals surface area contributed by atoms with E-state index in [9.17, 15) is 0 Å². The van der Waals surface area contributed by atoms with Crippen molar-refractivity contribution in [2.45, 2.75) is 0 Å². The summed E-state index contributed by atoms with van der Waals surface area (Å²) in [5, 5.41) is 3.87. The van der Waals surface area contributed by atoms with Gasteiger partial charge in [0, 0.05) is 6.07 Å². The fraction of sp³-hybridized carbons (Fsp3) is 0. The van der Waals surface area contributed by atoms with Crippen molar-refractivity contribution in [3.8, 4) is 0 Å². The highest BCUT2D eigenvalue weighted by Crippen LogP contribution is 2.14. The Labute approximate surface area is 56.8 Å². The molecule has 2 aromatic heterocycles. The summed E-state index contributed by atoms with van der Waals surface area (Å²) in [6.07, 6.45) is 1.37. The van der Waals surface area contributed by atoms with Crippen molar-refractivity contribution >= 4 is 18.2 Å². The van der Waals surface area contributed by atoms with Crippen LogP contribution in [0, 0.1) is 0 Å². The summed E-state index contributed by atoms with van der Waals surface area (Å²) in [6, 6.07) is 3.58. The molecule has 2 aromatic rings. The van der Waals surface area contributed by atoms with Crippen LogP contribution >= 0.6 is 0 Å². The van der Waals surface area contributed by atoms with Crippen LogP contribution in [0.3, 0.4) is 0 Å². The lowest BCUT2D eigenvalue weighted by Gasteiger charge is -1.82. The number of fused-ring (bicyclic) bond motifs is 1. The number of nitrogens with zero attached hydrogens (tertiary/aromatic N) is 3. The molecule has 0 aliphatic heterocycles. The number of rotatable bonds is 1. The summed E-state index contributed by atoms with van der Waals surface area (Å²) in [5.74, 6) is 0.698. The molecule has 0 fully saturated rings. The quantitative estimate of drug-likeness (QED) is 0.552. The molecule has 10 heavy (non-hydrogen) atoms. The lowest BCUT2D eigenvalue weighted by atomic mass is 10.6. The zero-order chi connectivity index (χ0) is 6.97. The minimum absolute atomic E-state index is 0.683. The second-order valence-corrected chi connectivity index (χ2v) is 1.84. The Morgan fingerprint density at radius 2 is 2.50 bits per heavy atom. The van der Waals surface area contributed by atoms with Gasteiger partial charge in [0.15, 0.2) is 5.82 Å². The van der Waals surface area contributed by atoms with Gasteiger partial charge in [-0.25, -0.2) is 4.99 Å². The number of hydrogen-bond acceptors (Lipinski definition) is 3. The fourth-order valence-electron chi connectivity index (χ4n) is 0.850. The third kappa shape index (κ3) is 0.500. The van der Waals surface area contributed by atoms with Crippen LogP contribution in [0.2, 0.25) is 0 Å². The summed E-state index contributed by atoms with van der Waals surface area (Å²) >= 11 is 0. The molecule has 0 amide bonds. The predicted molar refractivity (Wildman–Crippen MR) is 36.7 cm³/mol. The van der Waals surface area contributed by atoms with Crippen LogP contribution in [-0.4, -0.2) is 16.3 Å². The molecule has 0 spiro atoms. The zero-order valence-electron chi connectivity index (χ0n) is 5.19. The van der Waals surface area contributed by atoms with Crippen molar-refractivity contribution in [2.75, 3.05) is 0 Å². The van der Waals surface area contributed by atoms with Gasteiger partial charge >= 0.3 is 0 Å². The summed E-state index contributed by atoms with van der Waals surface area (Å²) in [7, 11) is 0. The molecule has 0 bridgehead atoms. The highest BCUT2D eigenvalue weighted by atomic mass is 16.4. The van der Waals surface area contributed by atoms with Gasteiger partial charge in [0.05, 0.1) is 0 Å². The molecule has 0 aromatic carbocycles. The molecule has 0 saturated carbocycles. The molecule has 4 nitrogen and oxygen atoms in total. The maximum Gasteiger partial charge on any atom is 0.224 e. The highest BCUT2D eigenvalue weighted by Gasteiger charge is 2.00. The van der Waals surface area contributed by atoms with Crippen LogP contribution in [0.15, 0.2) is 27.9 Å². The lowest BCUT2D eigenvalue weighted by Crippen LogP contribution is -1.78. The van der Waals surface area contributed by atoms with Gasteiger partial charge in [0.25, 0.3) is 0 Å². The molecule has 4 heteroatoms. The van der Waals surface area contributed by atoms with E-state index in [1.165, 1.54) is 6.39 Å². The number of aliphatic imine (C=N–C) groups is 1. The Hall–Kier alpha value is -1.58. The second-order valence-electron chi connectivity index (χ2n) is 1.84. The zero-order valence-corrected chi connectivity index (χ0v) is 5.19. The van der Waals surface area contributed by atoms with Gasteiger partial charge in [-0.1, -0.05) is 0 Å². The van der Waals surface area contributed by atoms with Gasteiger partial charge in [0.1, 0.15) is 0 Å². The molecule has 2 heterocycles. The molecule has 0 atom stereocenters. The van der Waals surface area contributed by atoms with E-state index >= 15 is 0 Å². The first-order chi connectivity index (χ1) is 4.92. The van der Waals surface area contributed by atoms with E-state index in [4.69, 9.17) is 4.42 Å². The molecule has 0 N–H and O–H groups in total. The third-order valence-electron chi connectivity index (χ3n) is 1.30. The summed E-state index contributed by atoms with van der Waals surface area (Å²) in [4.78, 5) is 3.72. The Morgan fingerprint density at radius 1 is 1.60 bits per heavy atom. The maximum absolute atomic E-state index is 4.96. The van der Waals surface area contributed by atoms with Gasteiger partial charge < -0.3 is 4.42 Å². The SMILES string of the molecule is C=Nc1ccc2ocnn12. The van der Waals surface area contributed by atoms with E-state index in [-0.39, 0.29) is 0 Å². The van der Waals surface area contributed by atoms with E-state index in [0.29, 0.717) is 11.5 Å². The van der Waals surface area contributed by atoms with E-state index < -0.39 is 0 Å². The van der Waals surface area contributed by atoms with Crippen molar-refractivity contribution in [3.63, 3.8) is 0 Å². The van der Waals surface area contributed by atoms with E-state index in [2.05, 4.69) is 16.8 Å². The Bertz CT molecular complexity index is 360. The van der Waals surface area contributed by atoms with Gasteiger partial charge in [-0.05, 0) is 12.8 Å². The van der Waals surface area contributed by atoms with Gasteiger partial charge in [-0.3, -0.25) is 0 Å². The fourth-order valence-corrected chi connectivity index (χ4v) is 0.850. The topological polar surface area (TPSA) is 42.8 Å². The average molecular weight is 135 g/mol. The predicted octanol–water partition coefficient (Wildman–Crippen LogP) is 1.26. The van der Waals surface area contributed by atoms with Crippen LogP contribution < -0.4 is 0 Å². The Morgan fingerprint density at radius 3 is 3.30 bits per heavy atom. The summed E-state index contributed by atoms with van der Waals surface area (Å²) in [6.45, 7) is 3.38. The van der Waals surface area contributed by atoms with E-state index in [1.54, 1.807) is 16.6 Å². The standard InChI is InChI=1S/C6H5N3O/c1-7-5-2-3-6-9(5)8-4-10-6/h2-4H,1H2. The first-order valence-electron chi connectivity index (χ1n) is 2.80. The van der Waals surface area contributed by atoms with Crippen molar-refractivity contribution in [1.29, 1.82) is 0 Å². The molecule has 0 unspecified atom stereocenters. The van der Waals surface area contributed by atoms with Crippen LogP contribution in [0.1, 0.15) is 0 Å². The average Bonchev–Trinajstić information content (AvgIpc) is 2.44. The molecule has 0 radical (unpaired) electrons. The second kappa shape index (κ2) is 1.70. The van der Waals surface area contributed by atoms with Gasteiger partial charge in [-0.2, -0.15) is 4.52 Å². The molecular weight excluding hydrogens is 130 g/mol. The molecule has 50 valence electrons. The number of aromatic nitrogens is 2. The molecule has 0 aliphatic rings. The minimum Gasteiger partial charge on any atom is -0.426 e. The Balaban J connectivity index is 2.88. The lowest BCUT2D eigenvalue weighted by molar-refractivity contribution is 0.601. The van der Waals surface area contributed by atoms with Crippen LogP contribution in [0.5, 0.6) is 0 Å². The summed E-state index contributed by atoms with van der Waals surface area (Å²) < 4.78 is 6.54. The van der Waals surface area contributed by atoms with Crippen LogP contribution in [0.25, 0.3) is 5.71 Å². The molecule has 0 saturated heterocycles. The van der Waals surface area contributed by atoms with E-state index in [1.807, 2.05) is 0 Å². The third-order valence-corrected chi connectivity index (χ3v) is 1.30. The van der Waals surface area contributed by atoms with Crippen LogP contribution in [0.4, 0.5) is 5.82 Å². The largest absolute Gasteiger partial charge is 0.426 e. The Kier molecular flexibility index (Phi) is 0.887. The van der Waals surface area contributed by atoms with Gasteiger partial charge in [-0.15, -0.1) is 5.10 Å². The van der Waals surface area contributed by atoms with Crippen molar-refractivity contribution in [2.24, 2.45) is 4.99 Å². The highest BCUT2D eigenvalue weighted by molar-refractivity contribution is 5.49. The maximum atomic E-state index is 4.96. The van der Waals surface area contributed by atoms with Crippen molar-refractivity contribution in [1.82, 2.24) is 9.61 Å². The number of hydrogen-bond donors (Lipinski definition) is 0. The first kappa shape index (κ1) is 5.22. The first-order valence-corrected chi connectivity index (χ1v) is 2.80.